The normalized spacial score (nSPS) is 22.3. The summed E-state index contributed by atoms with van der Waals surface area (Å²) in [6, 6.07) is 8.78. The van der Waals surface area contributed by atoms with Crippen LogP contribution >= 0.6 is 0 Å². The third kappa shape index (κ3) is 18.7. The second kappa shape index (κ2) is 32.3. The number of carbonyl (C=O) groups excluding carboxylic acids is 3. The number of nitro groups is 1. The van der Waals surface area contributed by atoms with Crippen LogP contribution < -0.4 is 16.2 Å². The van der Waals surface area contributed by atoms with Gasteiger partial charge in [0.2, 0.25) is 5.69 Å². The Kier molecular flexibility index (Phi) is 24.2. The van der Waals surface area contributed by atoms with Gasteiger partial charge in [0.25, 0.3) is 5.69 Å². The number of nitrogen functional groups attached to an aromatic ring is 2. The number of anilines is 2. The number of carbonyl (C=O) groups is 3. The molecule has 4 saturated heterocycles. The van der Waals surface area contributed by atoms with Crippen molar-refractivity contribution in [2.75, 3.05) is 70.9 Å². The predicted octanol–water partition coefficient (Wildman–Crippen LogP) is 6.70. The molecular formula is C65H85N9O17. The van der Waals surface area contributed by atoms with Gasteiger partial charge < -0.3 is 69.7 Å². The molecule has 8 heterocycles. The lowest BCUT2D eigenvalue weighted by Gasteiger charge is -2.32. The first-order valence-electron chi connectivity index (χ1n) is 31.6. The summed E-state index contributed by atoms with van der Waals surface area (Å²) in [5.74, 6) is -0.788. The average molecular weight is 1260 g/mol. The summed E-state index contributed by atoms with van der Waals surface area (Å²) >= 11 is 0. The molecule has 26 nitrogen and oxygen atoms in total. The summed E-state index contributed by atoms with van der Waals surface area (Å²) < 4.78 is 45.2. The van der Waals surface area contributed by atoms with E-state index >= 15 is 0 Å². The van der Waals surface area contributed by atoms with Gasteiger partial charge in [-0.3, -0.25) is 39.4 Å². The lowest BCUT2D eigenvalue weighted by Crippen LogP contribution is -2.37. The molecule has 4 aliphatic heterocycles. The summed E-state index contributed by atoms with van der Waals surface area (Å²) in [4.78, 5) is 61.1. The Balaban J connectivity index is 0.000000126. The highest BCUT2D eigenvalue weighted by atomic mass is 16.8. The van der Waals surface area contributed by atoms with E-state index in [1.807, 2.05) is 12.3 Å². The van der Waals surface area contributed by atoms with Gasteiger partial charge in [-0.25, -0.2) is 0 Å². The van der Waals surface area contributed by atoms with Gasteiger partial charge in [-0.15, -0.1) is 0 Å². The molecule has 4 aromatic rings. The van der Waals surface area contributed by atoms with E-state index in [0.29, 0.717) is 93.5 Å². The van der Waals surface area contributed by atoms with E-state index in [1.54, 1.807) is 30.6 Å². The molecule has 7 fully saturated rings. The summed E-state index contributed by atoms with van der Waals surface area (Å²) in [5.41, 5.74) is 21.9. The zero-order chi connectivity index (χ0) is 64.3. The molecule has 4 spiro atoms. The van der Waals surface area contributed by atoms with Crippen molar-refractivity contribution in [3.05, 3.63) is 128 Å². The number of oxime groups is 2. The molecule has 91 heavy (non-hydrogen) atoms. The number of rotatable bonds is 4. The number of hydrogen-bond acceptors (Lipinski definition) is 24. The number of hydrogen-bond donors (Lipinski definition) is 4. The zero-order valence-electron chi connectivity index (χ0n) is 51.7. The van der Waals surface area contributed by atoms with Crippen molar-refractivity contribution in [2.45, 2.75) is 183 Å². The number of pyridine rings is 4. The molecule has 0 radical (unpaired) electrons. The second-order valence-electron chi connectivity index (χ2n) is 23.9. The lowest BCUT2D eigenvalue weighted by atomic mass is 9.91. The van der Waals surface area contributed by atoms with Gasteiger partial charge in [-0.2, -0.15) is 4.73 Å². The molecular weight excluding hydrogens is 1180 g/mol. The number of aromatic nitrogens is 4. The van der Waals surface area contributed by atoms with Crippen LogP contribution in [0.25, 0.3) is 0 Å². The fourth-order valence-corrected chi connectivity index (χ4v) is 12.7. The monoisotopic (exact) mass is 1260 g/mol. The molecule has 0 amide bonds. The van der Waals surface area contributed by atoms with Crippen LogP contribution in [0.4, 0.5) is 17.1 Å². The lowest BCUT2D eigenvalue weighted by molar-refractivity contribution is -0.615. The van der Waals surface area contributed by atoms with E-state index < -0.39 is 4.92 Å². The minimum Gasteiger partial charge on any atom is -0.618 e. The van der Waals surface area contributed by atoms with Crippen molar-refractivity contribution >= 4 is 45.8 Å². The molecule has 4 aromatic heterocycles. The van der Waals surface area contributed by atoms with Crippen LogP contribution in [0.3, 0.4) is 0 Å². The minimum absolute atomic E-state index is 0.00523. The smallest absolute Gasteiger partial charge is 0.285 e. The number of nitrogens with zero attached hydrogens (tertiary/aromatic N) is 7. The Bertz CT molecular complexity index is 3190. The molecule has 1 unspecified atom stereocenters. The first kappa shape index (κ1) is 68.1. The maximum Gasteiger partial charge on any atom is 0.285 e. The summed E-state index contributed by atoms with van der Waals surface area (Å²) in [6.07, 6.45) is 24.9. The van der Waals surface area contributed by atoms with Gasteiger partial charge in [0, 0.05) is 155 Å². The van der Waals surface area contributed by atoms with Gasteiger partial charge in [-0.1, -0.05) is 29.0 Å². The third-order valence-corrected chi connectivity index (χ3v) is 17.7. The van der Waals surface area contributed by atoms with Crippen molar-refractivity contribution < 1.29 is 77.1 Å². The number of fused-ring (bicyclic) bond motifs is 4. The van der Waals surface area contributed by atoms with Gasteiger partial charge in [-0.05, 0) is 80.7 Å². The number of ketones is 3. The number of aliphatic hydroxyl groups excluding tert-OH is 1. The summed E-state index contributed by atoms with van der Waals surface area (Å²) in [6.45, 7) is 9.72. The van der Waals surface area contributed by atoms with Crippen molar-refractivity contribution in [1.82, 2.24) is 15.0 Å². The topological polar surface area (TPSA) is 360 Å². The van der Waals surface area contributed by atoms with E-state index in [-0.39, 0.29) is 64.9 Å². The number of aliphatic hydroxyl groups is 1. The Morgan fingerprint density at radius 3 is 1.67 bits per heavy atom. The molecule has 26 heteroatoms. The number of ether oxygens (including phenoxy) is 8. The maximum absolute atomic E-state index is 11.3. The highest BCUT2D eigenvalue weighted by molar-refractivity contribution is 5.86. The largest absolute Gasteiger partial charge is 0.618 e. The average Bonchev–Trinajstić information content (AvgIpc) is 2.32. The van der Waals surface area contributed by atoms with E-state index in [1.165, 1.54) is 11.3 Å². The molecule has 1 atom stereocenters. The SMILES string of the molecule is C=CCON=C1CCC2(CC1)OCCO2.Nc1ccnc2c1CC(=O)CC2.Nc1ccnc2c1CC(O)CC2.O=C1CCC2(CC1)OCCO2.O=C1CCc2c(c([N+](=O)[O-])cc[n+]2[O-])C1.ON=C1CCC2(CC1)OCCO2.c1cnc2c(c1)CC1(CC2)OCCO1. The molecule has 11 aliphatic rings. The molecule has 492 valence electrons. The summed E-state index contributed by atoms with van der Waals surface area (Å²) in [5, 5.41) is 47.2. The van der Waals surface area contributed by atoms with Crippen LogP contribution in [0.15, 0.2) is 78.1 Å². The fraction of sp³-hybridized carbons (Fsp3) is 0.585. The van der Waals surface area contributed by atoms with E-state index in [4.69, 9.17) is 59.4 Å². The first-order chi connectivity index (χ1) is 44.0. The van der Waals surface area contributed by atoms with Crippen molar-refractivity contribution in [3.8, 4) is 0 Å². The maximum atomic E-state index is 11.3. The Hall–Kier alpha value is -7.27. The highest BCUT2D eigenvalue weighted by Gasteiger charge is 2.43. The first-order valence-corrected chi connectivity index (χ1v) is 31.6. The second-order valence-corrected chi connectivity index (χ2v) is 23.9. The number of nitrogens with two attached hydrogens (primary N) is 2. The van der Waals surface area contributed by atoms with Crippen LogP contribution in [-0.4, -0.2) is 148 Å². The van der Waals surface area contributed by atoms with Gasteiger partial charge in [0.05, 0.1) is 81.4 Å². The van der Waals surface area contributed by atoms with Gasteiger partial charge >= 0.3 is 0 Å². The van der Waals surface area contributed by atoms with Crippen LogP contribution in [-0.2, 0) is 108 Å². The Morgan fingerprint density at radius 2 is 1.11 bits per heavy atom. The number of Topliss-reactive ketones (excluding diaryl/α,β-unsaturated/α-hetero) is 3. The van der Waals surface area contributed by atoms with Crippen LogP contribution in [0.1, 0.15) is 148 Å². The minimum atomic E-state index is -0.558. The summed E-state index contributed by atoms with van der Waals surface area (Å²) in [7, 11) is 0. The standard InChI is InChI=1S/C11H17NO3.C11H13NO2.C9H8N2O4.C9H12N2O.C9H10N2O.C8H13NO3.C8H12O3/c1-2-7-15-12-10-3-5-11(6-4-10)13-8-9-14-11;1-2-9-8-11(13-6-7-14-11)4-3-10(9)12-5-1;12-6-1-2-8-7(5-6)9(11(14)15)3-4-10(8)13;2*10-8-3-4-11-9-2-1-6(12)5-7(8)9;10-9-7-1-3-8(4-2-7)11-5-6-12-8;9-7-1-3-8(4-2-7)10-5-6-11-8/h2H,1,3-9H2;1-2,5H,3-4,6-8H2;3-4H,1-2,5H2;3-4,6,12H,1-2,5H2,(H2,10,11);3-4H,1-2,5H2,(H2,10,11);10H,1-6H2;1-6H2. The van der Waals surface area contributed by atoms with Crippen molar-refractivity contribution in [1.29, 1.82) is 0 Å². The van der Waals surface area contributed by atoms with Crippen LogP contribution in [0.2, 0.25) is 0 Å². The predicted molar refractivity (Wildman–Crippen MR) is 329 cm³/mol. The number of aryl methyl sites for hydroxylation is 3. The quantitative estimate of drug-likeness (QED) is 0.0314. The molecule has 15 rings (SSSR count). The van der Waals surface area contributed by atoms with E-state index in [2.05, 4.69) is 37.9 Å². The molecule has 0 bridgehead atoms. The molecule has 7 aliphatic carbocycles. The molecule has 3 saturated carbocycles. The Morgan fingerprint density at radius 1 is 0.615 bits per heavy atom. The third-order valence-electron chi connectivity index (χ3n) is 17.7. The van der Waals surface area contributed by atoms with Crippen molar-refractivity contribution in [3.63, 3.8) is 0 Å². The fourth-order valence-electron chi connectivity index (χ4n) is 12.7. The highest BCUT2D eigenvalue weighted by Crippen LogP contribution is 2.38. The molecule has 6 N–H and O–H groups in total. The van der Waals surface area contributed by atoms with E-state index in [0.717, 1.165) is 181 Å². The van der Waals surface area contributed by atoms with Crippen LogP contribution in [0.5, 0.6) is 0 Å². The van der Waals surface area contributed by atoms with E-state index in [9.17, 15) is 34.8 Å². The van der Waals surface area contributed by atoms with Gasteiger partial charge in [0.15, 0.2) is 29.3 Å². The van der Waals surface area contributed by atoms with Crippen LogP contribution in [0, 0.1) is 15.3 Å². The zero-order valence-corrected chi connectivity index (χ0v) is 51.7. The molecule has 0 aromatic carbocycles. The van der Waals surface area contributed by atoms with Gasteiger partial charge in [0.1, 0.15) is 29.5 Å². The van der Waals surface area contributed by atoms with Crippen molar-refractivity contribution in [2.24, 2.45) is 10.3 Å². The Labute approximate surface area is 528 Å².